The molecule has 2 aromatic carbocycles. The number of carbonyl (C=O) groups excluding carboxylic acids is 1. The average Bonchev–Trinajstić information content (AvgIpc) is 2.60. The Morgan fingerprint density at radius 2 is 1.72 bits per heavy atom. The van der Waals surface area contributed by atoms with Gasteiger partial charge < -0.3 is 10.6 Å². The molecule has 2 N–H and O–H groups in total. The van der Waals surface area contributed by atoms with E-state index in [2.05, 4.69) is 15.6 Å². The van der Waals surface area contributed by atoms with Gasteiger partial charge in [-0.05, 0) is 61.0 Å². The fourth-order valence-corrected chi connectivity index (χ4v) is 2.57. The minimum Gasteiger partial charge on any atom is -0.339 e. The molecule has 0 radical (unpaired) electrons. The van der Waals surface area contributed by atoms with Gasteiger partial charge in [-0.15, -0.1) is 0 Å². The van der Waals surface area contributed by atoms with E-state index >= 15 is 0 Å². The first-order chi connectivity index (χ1) is 12.0. The molecule has 3 aromatic rings. The summed E-state index contributed by atoms with van der Waals surface area (Å²) in [4.78, 5) is 16.9. The maximum Gasteiger partial charge on any atom is 0.259 e. The molecule has 0 aliphatic heterocycles. The van der Waals surface area contributed by atoms with Gasteiger partial charge in [-0.1, -0.05) is 29.3 Å². The first-order valence-corrected chi connectivity index (χ1v) is 8.33. The van der Waals surface area contributed by atoms with Crippen molar-refractivity contribution in [3.8, 4) is 0 Å². The number of hydrogen-bond acceptors (Lipinski definition) is 3. The first-order valence-electron chi connectivity index (χ1n) is 7.58. The van der Waals surface area contributed by atoms with Crippen LogP contribution in [0.4, 0.5) is 17.2 Å². The lowest BCUT2D eigenvalue weighted by molar-refractivity contribution is 0.102. The summed E-state index contributed by atoms with van der Waals surface area (Å²) < 4.78 is 0. The molecule has 0 bridgehead atoms. The third-order valence-electron chi connectivity index (χ3n) is 3.61. The van der Waals surface area contributed by atoms with Crippen molar-refractivity contribution in [2.45, 2.75) is 6.92 Å². The molecule has 0 aliphatic carbocycles. The Morgan fingerprint density at radius 1 is 1.00 bits per heavy atom. The predicted octanol–water partition coefficient (Wildman–Crippen LogP) is 5.69. The molecule has 0 aliphatic rings. The van der Waals surface area contributed by atoms with Crippen LogP contribution in [0.1, 0.15) is 15.9 Å². The fraction of sp³-hybridized carbons (Fsp3) is 0.0526. The number of halogens is 2. The van der Waals surface area contributed by atoms with Gasteiger partial charge in [-0.2, -0.15) is 0 Å². The Kier molecular flexibility index (Phi) is 5.22. The van der Waals surface area contributed by atoms with Gasteiger partial charge in [-0.3, -0.25) is 4.79 Å². The van der Waals surface area contributed by atoms with Crippen molar-refractivity contribution in [2.24, 2.45) is 0 Å². The van der Waals surface area contributed by atoms with Crippen LogP contribution >= 0.6 is 23.2 Å². The summed E-state index contributed by atoms with van der Waals surface area (Å²) in [5, 5.41) is 7.23. The van der Waals surface area contributed by atoms with E-state index in [0.29, 0.717) is 27.1 Å². The van der Waals surface area contributed by atoms with Crippen LogP contribution in [0.2, 0.25) is 10.0 Å². The summed E-state index contributed by atoms with van der Waals surface area (Å²) in [6, 6.07) is 15.9. The van der Waals surface area contributed by atoms with Crippen molar-refractivity contribution < 1.29 is 4.79 Å². The van der Waals surface area contributed by atoms with Gasteiger partial charge in [0.2, 0.25) is 0 Å². The second-order valence-electron chi connectivity index (χ2n) is 5.44. The van der Waals surface area contributed by atoms with E-state index in [1.165, 1.54) is 0 Å². The van der Waals surface area contributed by atoms with Crippen LogP contribution in [0.5, 0.6) is 0 Å². The van der Waals surface area contributed by atoms with Crippen LogP contribution in [0.15, 0.2) is 60.8 Å². The molecule has 3 rings (SSSR count). The highest BCUT2D eigenvalue weighted by molar-refractivity contribution is 6.31. The van der Waals surface area contributed by atoms with E-state index in [-0.39, 0.29) is 5.91 Å². The first kappa shape index (κ1) is 17.3. The molecule has 0 spiro atoms. The molecule has 1 aromatic heterocycles. The summed E-state index contributed by atoms with van der Waals surface area (Å²) in [7, 11) is 0. The highest BCUT2D eigenvalue weighted by Gasteiger charge is 2.13. The lowest BCUT2D eigenvalue weighted by atomic mass is 10.2. The topological polar surface area (TPSA) is 54.0 Å². The van der Waals surface area contributed by atoms with Crippen molar-refractivity contribution in [3.05, 3.63) is 82.0 Å². The third-order valence-corrected chi connectivity index (χ3v) is 4.09. The molecular weight excluding hydrogens is 357 g/mol. The van der Waals surface area contributed by atoms with Crippen LogP contribution in [0.3, 0.4) is 0 Å². The van der Waals surface area contributed by atoms with Crippen molar-refractivity contribution in [1.82, 2.24) is 4.98 Å². The minimum absolute atomic E-state index is 0.266. The van der Waals surface area contributed by atoms with Crippen molar-refractivity contribution >= 4 is 46.3 Å². The quantitative estimate of drug-likeness (QED) is 0.618. The lowest BCUT2D eigenvalue weighted by Crippen LogP contribution is -2.14. The number of pyridine rings is 1. The van der Waals surface area contributed by atoms with E-state index in [1.54, 1.807) is 48.7 Å². The number of carbonyl (C=O) groups is 1. The number of rotatable bonds is 4. The minimum atomic E-state index is -0.266. The van der Waals surface area contributed by atoms with Gasteiger partial charge in [0.25, 0.3) is 5.91 Å². The van der Waals surface area contributed by atoms with Gasteiger partial charge in [0.1, 0.15) is 5.82 Å². The molecule has 0 atom stereocenters. The van der Waals surface area contributed by atoms with Crippen LogP contribution < -0.4 is 10.6 Å². The Hall–Kier alpha value is -2.56. The lowest BCUT2D eigenvalue weighted by Gasteiger charge is -2.13. The number of benzene rings is 2. The SMILES string of the molecule is Cc1ccc(Cl)cc1Nc1ncccc1C(=O)Nc1ccc(Cl)cc1. The Labute approximate surface area is 155 Å². The van der Waals surface area contributed by atoms with Gasteiger partial charge in [0, 0.05) is 27.6 Å². The Balaban J connectivity index is 1.86. The van der Waals surface area contributed by atoms with Crippen molar-refractivity contribution in [3.63, 3.8) is 0 Å². The second kappa shape index (κ2) is 7.55. The number of aromatic nitrogens is 1. The van der Waals surface area contributed by atoms with Crippen LogP contribution in [0, 0.1) is 6.92 Å². The molecule has 4 nitrogen and oxygen atoms in total. The zero-order chi connectivity index (χ0) is 17.8. The molecular formula is C19H15Cl2N3O. The molecule has 1 heterocycles. The average molecular weight is 372 g/mol. The molecule has 0 fully saturated rings. The highest BCUT2D eigenvalue weighted by Crippen LogP contribution is 2.25. The van der Waals surface area contributed by atoms with Gasteiger partial charge >= 0.3 is 0 Å². The third kappa shape index (κ3) is 4.29. The van der Waals surface area contributed by atoms with E-state index in [0.717, 1.165) is 11.3 Å². The zero-order valence-electron chi connectivity index (χ0n) is 13.4. The van der Waals surface area contributed by atoms with Crippen molar-refractivity contribution in [2.75, 3.05) is 10.6 Å². The zero-order valence-corrected chi connectivity index (χ0v) is 14.9. The summed E-state index contributed by atoms with van der Waals surface area (Å²) in [5.74, 6) is 0.192. The van der Waals surface area contributed by atoms with E-state index < -0.39 is 0 Å². The van der Waals surface area contributed by atoms with E-state index in [1.807, 2.05) is 19.1 Å². The standard InChI is InChI=1S/C19H15Cl2N3O/c1-12-4-5-14(21)11-17(12)24-18-16(3-2-10-22-18)19(25)23-15-8-6-13(20)7-9-15/h2-11H,1H3,(H,22,24)(H,23,25). The summed E-state index contributed by atoms with van der Waals surface area (Å²) in [5.41, 5.74) is 2.88. The highest BCUT2D eigenvalue weighted by atomic mass is 35.5. The van der Waals surface area contributed by atoms with E-state index in [9.17, 15) is 4.79 Å². The van der Waals surface area contributed by atoms with Crippen LogP contribution in [-0.2, 0) is 0 Å². The number of hydrogen-bond donors (Lipinski definition) is 2. The molecule has 0 saturated heterocycles. The normalized spacial score (nSPS) is 10.4. The van der Waals surface area contributed by atoms with Crippen LogP contribution in [0.25, 0.3) is 0 Å². The summed E-state index contributed by atoms with van der Waals surface area (Å²) >= 11 is 11.9. The number of nitrogens with zero attached hydrogens (tertiary/aromatic N) is 1. The number of aryl methyl sites for hydroxylation is 1. The van der Waals surface area contributed by atoms with Crippen molar-refractivity contribution in [1.29, 1.82) is 0 Å². The molecule has 0 saturated carbocycles. The number of anilines is 3. The number of amides is 1. The maximum atomic E-state index is 12.6. The molecule has 25 heavy (non-hydrogen) atoms. The fourth-order valence-electron chi connectivity index (χ4n) is 2.28. The summed E-state index contributed by atoms with van der Waals surface area (Å²) in [6.07, 6.45) is 1.63. The van der Waals surface area contributed by atoms with E-state index in [4.69, 9.17) is 23.2 Å². The molecule has 0 unspecified atom stereocenters. The molecule has 1 amide bonds. The van der Waals surface area contributed by atoms with Crippen LogP contribution in [-0.4, -0.2) is 10.9 Å². The predicted molar refractivity (Wildman–Crippen MR) is 103 cm³/mol. The van der Waals surface area contributed by atoms with Gasteiger partial charge in [0.15, 0.2) is 0 Å². The monoisotopic (exact) mass is 371 g/mol. The van der Waals surface area contributed by atoms with Gasteiger partial charge in [0.05, 0.1) is 5.56 Å². The molecule has 126 valence electrons. The molecule has 6 heteroatoms. The summed E-state index contributed by atoms with van der Waals surface area (Å²) in [6.45, 7) is 1.95. The Bertz CT molecular complexity index is 911. The maximum absolute atomic E-state index is 12.6. The largest absolute Gasteiger partial charge is 0.339 e. The number of nitrogens with one attached hydrogen (secondary N) is 2. The smallest absolute Gasteiger partial charge is 0.259 e. The van der Waals surface area contributed by atoms with Gasteiger partial charge in [-0.25, -0.2) is 4.98 Å². The second-order valence-corrected chi connectivity index (χ2v) is 6.32. The Morgan fingerprint density at radius 3 is 2.48 bits per heavy atom.